The van der Waals surface area contributed by atoms with Crippen molar-refractivity contribution in [2.45, 2.75) is 40.7 Å². The van der Waals surface area contributed by atoms with E-state index in [2.05, 4.69) is 15.6 Å². The fraction of sp³-hybridized carbons (Fsp3) is 0.292. The first-order valence-corrected chi connectivity index (χ1v) is 9.87. The molecular formula is C24H27N3O2. The summed E-state index contributed by atoms with van der Waals surface area (Å²) in [6, 6.07) is 15.3. The first-order valence-electron chi connectivity index (χ1n) is 9.87. The summed E-state index contributed by atoms with van der Waals surface area (Å²) in [5.74, 6) is 0.162. The molecular weight excluding hydrogens is 362 g/mol. The van der Waals surface area contributed by atoms with Crippen LogP contribution < -0.4 is 10.6 Å². The van der Waals surface area contributed by atoms with Crippen molar-refractivity contribution in [2.24, 2.45) is 5.92 Å². The maximum Gasteiger partial charge on any atom is 0.252 e. The Hall–Kier alpha value is -3.21. The molecule has 150 valence electrons. The molecule has 1 heterocycles. The number of carbonyl (C=O) groups is 2. The summed E-state index contributed by atoms with van der Waals surface area (Å²) >= 11 is 0. The highest BCUT2D eigenvalue weighted by molar-refractivity contribution is 6.06. The first kappa shape index (κ1) is 20.5. The zero-order chi connectivity index (χ0) is 21.0. The van der Waals surface area contributed by atoms with Crippen LogP contribution in [0.1, 0.15) is 47.4 Å². The molecule has 0 atom stereocenters. The number of amides is 2. The number of pyridine rings is 1. The largest absolute Gasteiger partial charge is 0.348 e. The van der Waals surface area contributed by atoms with Crippen molar-refractivity contribution in [3.8, 4) is 0 Å². The second kappa shape index (κ2) is 8.86. The third kappa shape index (κ3) is 5.41. The molecule has 1 aromatic heterocycles. The molecule has 2 N–H and O–H groups in total. The molecule has 0 aliphatic heterocycles. The number of anilines is 1. The highest BCUT2D eigenvalue weighted by Gasteiger charge is 2.12. The molecule has 0 unspecified atom stereocenters. The third-order valence-electron chi connectivity index (χ3n) is 4.59. The summed E-state index contributed by atoms with van der Waals surface area (Å²) in [6.07, 6.45) is 0.481. The quantitative estimate of drug-likeness (QED) is 0.638. The predicted octanol–water partition coefficient (Wildman–Crippen LogP) is 4.77. The summed E-state index contributed by atoms with van der Waals surface area (Å²) in [6.45, 7) is 8.29. The van der Waals surface area contributed by atoms with Gasteiger partial charge >= 0.3 is 0 Å². The molecule has 0 saturated carbocycles. The molecule has 5 nitrogen and oxygen atoms in total. The Bertz CT molecular complexity index is 1060. The van der Waals surface area contributed by atoms with Crippen LogP contribution in [0.5, 0.6) is 0 Å². The van der Waals surface area contributed by atoms with Crippen molar-refractivity contribution < 1.29 is 9.59 Å². The Morgan fingerprint density at radius 1 is 1.03 bits per heavy atom. The Balaban J connectivity index is 1.73. The number of fused-ring (bicyclic) bond motifs is 1. The van der Waals surface area contributed by atoms with Gasteiger partial charge in [-0.1, -0.05) is 37.6 Å². The van der Waals surface area contributed by atoms with Gasteiger partial charge < -0.3 is 10.6 Å². The van der Waals surface area contributed by atoms with Gasteiger partial charge in [-0.3, -0.25) is 14.6 Å². The summed E-state index contributed by atoms with van der Waals surface area (Å²) < 4.78 is 0. The summed E-state index contributed by atoms with van der Waals surface area (Å²) in [5, 5.41) is 6.75. The molecule has 3 rings (SSSR count). The second-order valence-electron chi connectivity index (χ2n) is 7.86. The minimum atomic E-state index is -0.139. The van der Waals surface area contributed by atoms with Crippen LogP contribution in [-0.2, 0) is 11.3 Å². The summed E-state index contributed by atoms with van der Waals surface area (Å²) in [7, 11) is 0. The van der Waals surface area contributed by atoms with Crippen LogP contribution in [0, 0.1) is 19.8 Å². The Morgan fingerprint density at radius 2 is 1.83 bits per heavy atom. The Kier molecular flexibility index (Phi) is 6.27. The predicted molar refractivity (Wildman–Crippen MR) is 117 cm³/mol. The van der Waals surface area contributed by atoms with Crippen LogP contribution in [-0.4, -0.2) is 16.8 Å². The lowest BCUT2D eigenvalue weighted by Crippen LogP contribution is -2.23. The number of benzene rings is 2. The number of hydrogen-bond donors (Lipinski definition) is 2. The molecule has 0 spiro atoms. The summed E-state index contributed by atoms with van der Waals surface area (Å²) in [4.78, 5) is 29.4. The average molecular weight is 389 g/mol. The monoisotopic (exact) mass is 389 g/mol. The van der Waals surface area contributed by atoms with Gasteiger partial charge in [-0.15, -0.1) is 0 Å². The van der Waals surface area contributed by atoms with Gasteiger partial charge in [0, 0.05) is 29.7 Å². The molecule has 29 heavy (non-hydrogen) atoms. The molecule has 0 saturated heterocycles. The van der Waals surface area contributed by atoms with Crippen molar-refractivity contribution >= 4 is 28.4 Å². The maximum absolute atomic E-state index is 12.9. The number of carbonyl (C=O) groups excluding carboxylic acids is 2. The molecule has 5 heteroatoms. The van der Waals surface area contributed by atoms with Crippen molar-refractivity contribution in [3.05, 3.63) is 70.9 Å². The van der Waals surface area contributed by atoms with E-state index in [1.54, 1.807) is 0 Å². The lowest BCUT2D eigenvalue weighted by molar-refractivity contribution is -0.116. The number of rotatable bonds is 6. The zero-order valence-electron chi connectivity index (χ0n) is 17.4. The van der Waals surface area contributed by atoms with Crippen molar-refractivity contribution in [2.75, 3.05) is 5.32 Å². The fourth-order valence-electron chi connectivity index (χ4n) is 3.28. The zero-order valence-corrected chi connectivity index (χ0v) is 17.4. The van der Waals surface area contributed by atoms with Crippen LogP contribution in [0.4, 0.5) is 5.69 Å². The van der Waals surface area contributed by atoms with Crippen LogP contribution in [0.3, 0.4) is 0 Å². The Morgan fingerprint density at radius 3 is 2.59 bits per heavy atom. The van der Waals surface area contributed by atoms with E-state index in [1.807, 2.05) is 76.2 Å². The van der Waals surface area contributed by atoms with Gasteiger partial charge in [0.15, 0.2) is 0 Å². The third-order valence-corrected chi connectivity index (χ3v) is 4.59. The van der Waals surface area contributed by atoms with Crippen molar-refractivity contribution in [1.82, 2.24) is 10.3 Å². The fourth-order valence-corrected chi connectivity index (χ4v) is 3.28. The van der Waals surface area contributed by atoms with Gasteiger partial charge in [0.25, 0.3) is 5.91 Å². The van der Waals surface area contributed by atoms with Gasteiger partial charge in [0.1, 0.15) is 0 Å². The second-order valence-corrected chi connectivity index (χ2v) is 7.86. The lowest BCUT2D eigenvalue weighted by atomic mass is 10.0. The van der Waals surface area contributed by atoms with Gasteiger partial charge in [0.05, 0.1) is 11.1 Å². The molecule has 0 aliphatic carbocycles. The summed E-state index contributed by atoms with van der Waals surface area (Å²) in [5.41, 5.74) is 4.99. The normalized spacial score (nSPS) is 10.9. The van der Waals surface area contributed by atoms with Gasteiger partial charge in [-0.05, 0) is 55.7 Å². The molecule has 2 aromatic carbocycles. The van der Waals surface area contributed by atoms with Crippen molar-refractivity contribution in [1.29, 1.82) is 0 Å². The topological polar surface area (TPSA) is 71.1 Å². The standard InChI is InChI=1S/C24H27N3O2/c1-15(2)10-23(28)27-19-7-5-6-18(13-19)14-25-24(29)21-12-17(4)26-22-9-8-16(3)11-20(21)22/h5-9,11-13,15H,10,14H2,1-4H3,(H,25,29)(H,27,28). The minimum absolute atomic E-state index is 0.00436. The van der Waals surface area contributed by atoms with E-state index in [0.29, 0.717) is 24.4 Å². The van der Waals surface area contributed by atoms with E-state index in [4.69, 9.17) is 0 Å². The highest BCUT2D eigenvalue weighted by Crippen LogP contribution is 2.20. The van der Waals surface area contributed by atoms with E-state index in [0.717, 1.165) is 33.4 Å². The highest BCUT2D eigenvalue weighted by atomic mass is 16.2. The van der Waals surface area contributed by atoms with Gasteiger partial charge in [-0.2, -0.15) is 0 Å². The SMILES string of the molecule is Cc1ccc2nc(C)cc(C(=O)NCc3cccc(NC(=O)CC(C)C)c3)c2c1. The molecule has 3 aromatic rings. The molecule has 0 bridgehead atoms. The van der Waals surface area contributed by atoms with Gasteiger partial charge in [0.2, 0.25) is 5.91 Å². The van der Waals surface area contributed by atoms with E-state index in [1.165, 1.54) is 0 Å². The van der Waals surface area contributed by atoms with Crippen molar-refractivity contribution in [3.63, 3.8) is 0 Å². The number of hydrogen-bond acceptors (Lipinski definition) is 3. The van der Waals surface area contributed by atoms with E-state index in [9.17, 15) is 9.59 Å². The molecule has 0 aliphatic rings. The average Bonchev–Trinajstić information content (AvgIpc) is 2.65. The van der Waals surface area contributed by atoms with Crippen LogP contribution in [0.15, 0.2) is 48.5 Å². The number of nitrogens with one attached hydrogen (secondary N) is 2. The lowest BCUT2D eigenvalue weighted by Gasteiger charge is -2.11. The van der Waals surface area contributed by atoms with Gasteiger partial charge in [-0.25, -0.2) is 0 Å². The molecule has 0 fully saturated rings. The molecule has 2 amide bonds. The van der Waals surface area contributed by atoms with E-state index >= 15 is 0 Å². The van der Waals surface area contributed by atoms with Crippen LogP contribution in [0.25, 0.3) is 10.9 Å². The van der Waals surface area contributed by atoms with E-state index in [-0.39, 0.29) is 11.8 Å². The number of nitrogens with zero attached hydrogens (tertiary/aromatic N) is 1. The van der Waals surface area contributed by atoms with E-state index < -0.39 is 0 Å². The Labute approximate surface area is 171 Å². The molecule has 0 radical (unpaired) electrons. The first-order chi connectivity index (χ1) is 13.8. The number of aromatic nitrogens is 1. The minimum Gasteiger partial charge on any atom is -0.348 e. The smallest absolute Gasteiger partial charge is 0.252 e. The number of aryl methyl sites for hydroxylation is 2. The van der Waals surface area contributed by atoms with Crippen LogP contribution in [0.2, 0.25) is 0 Å². The van der Waals surface area contributed by atoms with Crippen LogP contribution >= 0.6 is 0 Å². The maximum atomic E-state index is 12.9.